The standard InChI is InChI=1S/C32H53N5O7/c1-31(2,3)43-28(39)33-16-11-19-35(20-12-17-34-29(40)44-32(4,5)6)18-10-15-27(38)36-21-23-37(24-22-36)30(41)42-25-26-13-8-7-9-14-26/h7-9,13-14H,10-12,15-25H2,1-6H3,(H,33,39)(H,34,40). The highest BCUT2D eigenvalue weighted by Gasteiger charge is 2.25. The van der Waals surface area contributed by atoms with Gasteiger partial charge < -0.3 is 39.5 Å². The number of carbonyl (C=O) groups excluding carboxylic acids is 4. The van der Waals surface area contributed by atoms with E-state index < -0.39 is 23.4 Å². The molecule has 2 rings (SSSR count). The molecule has 0 atom stereocenters. The van der Waals surface area contributed by atoms with Crippen LogP contribution in [-0.4, -0.2) is 109 Å². The molecule has 1 saturated heterocycles. The van der Waals surface area contributed by atoms with Gasteiger partial charge in [-0.1, -0.05) is 30.3 Å². The van der Waals surface area contributed by atoms with Crippen LogP contribution in [0.2, 0.25) is 0 Å². The van der Waals surface area contributed by atoms with E-state index in [1.54, 1.807) is 9.80 Å². The summed E-state index contributed by atoms with van der Waals surface area (Å²) in [5.74, 6) is 0.0698. The summed E-state index contributed by atoms with van der Waals surface area (Å²) in [5, 5.41) is 5.57. The number of benzene rings is 1. The van der Waals surface area contributed by atoms with Crippen LogP contribution in [0.15, 0.2) is 30.3 Å². The Labute approximate surface area is 262 Å². The molecule has 2 N–H and O–H groups in total. The lowest BCUT2D eigenvalue weighted by molar-refractivity contribution is -0.133. The maximum absolute atomic E-state index is 12.9. The van der Waals surface area contributed by atoms with Crippen LogP contribution < -0.4 is 10.6 Å². The minimum absolute atomic E-state index is 0.0698. The lowest BCUT2D eigenvalue weighted by atomic mass is 10.2. The van der Waals surface area contributed by atoms with Gasteiger partial charge >= 0.3 is 18.3 Å². The minimum atomic E-state index is -0.553. The maximum Gasteiger partial charge on any atom is 0.410 e. The summed E-state index contributed by atoms with van der Waals surface area (Å²) in [5.41, 5.74) is -0.174. The van der Waals surface area contributed by atoms with Crippen LogP contribution in [0, 0.1) is 0 Å². The summed E-state index contributed by atoms with van der Waals surface area (Å²) < 4.78 is 16.0. The van der Waals surface area contributed by atoms with E-state index in [4.69, 9.17) is 14.2 Å². The number of piperazine rings is 1. The molecule has 1 fully saturated rings. The van der Waals surface area contributed by atoms with Gasteiger partial charge in [-0.15, -0.1) is 0 Å². The number of amides is 4. The molecule has 1 aliphatic rings. The van der Waals surface area contributed by atoms with Crippen molar-refractivity contribution >= 4 is 24.2 Å². The van der Waals surface area contributed by atoms with Crippen molar-refractivity contribution in [2.45, 2.75) is 85.0 Å². The molecule has 0 aliphatic carbocycles. The summed E-state index contributed by atoms with van der Waals surface area (Å²) in [6.07, 6.45) is 1.27. The van der Waals surface area contributed by atoms with Crippen molar-refractivity contribution < 1.29 is 33.4 Å². The molecule has 1 aliphatic heterocycles. The van der Waals surface area contributed by atoms with Crippen molar-refractivity contribution in [2.24, 2.45) is 0 Å². The minimum Gasteiger partial charge on any atom is -0.445 e. The molecule has 0 aromatic heterocycles. The number of hydrogen-bond donors (Lipinski definition) is 2. The van der Waals surface area contributed by atoms with E-state index in [2.05, 4.69) is 15.5 Å². The van der Waals surface area contributed by atoms with Crippen molar-refractivity contribution in [3.05, 3.63) is 35.9 Å². The van der Waals surface area contributed by atoms with Gasteiger partial charge in [0.15, 0.2) is 0 Å². The van der Waals surface area contributed by atoms with E-state index in [0.717, 1.165) is 31.5 Å². The van der Waals surface area contributed by atoms with E-state index in [0.29, 0.717) is 58.7 Å². The Morgan fingerprint density at radius 2 is 1.20 bits per heavy atom. The smallest absolute Gasteiger partial charge is 0.410 e. The number of alkyl carbamates (subject to hydrolysis) is 2. The Bertz CT molecular complexity index is 996. The van der Waals surface area contributed by atoms with Crippen molar-refractivity contribution in [1.29, 1.82) is 0 Å². The first-order valence-corrected chi connectivity index (χ1v) is 15.6. The second-order valence-corrected chi connectivity index (χ2v) is 12.9. The highest BCUT2D eigenvalue weighted by atomic mass is 16.6. The molecule has 0 spiro atoms. The van der Waals surface area contributed by atoms with Crippen molar-refractivity contribution in [3.8, 4) is 0 Å². The Balaban J connectivity index is 1.73. The Hall–Kier alpha value is -3.54. The average molecular weight is 620 g/mol. The van der Waals surface area contributed by atoms with Gasteiger partial charge in [-0.2, -0.15) is 0 Å². The van der Waals surface area contributed by atoms with Crippen LogP contribution in [0.5, 0.6) is 0 Å². The van der Waals surface area contributed by atoms with Gasteiger partial charge in [-0.3, -0.25) is 4.79 Å². The van der Waals surface area contributed by atoms with Gasteiger partial charge in [0.05, 0.1) is 0 Å². The number of nitrogens with zero attached hydrogens (tertiary/aromatic N) is 3. The summed E-state index contributed by atoms with van der Waals surface area (Å²) in [6.45, 7) is 16.1. The van der Waals surface area contributed by atoms with Crippen LogP contribution in [-0.2, 0) is 25.6 Å². The van der Waals surface area contributed by atoms with Crippen molar-refractivity contribution in [1.82, 2.24) is 25.3 Å². The van der Waals surface area contributed by atoms with Gasteiger partial charge in [0.2, 0.25) is 5.91 Å². The molecule has 12 nitrogen and oxygen atoms in total. The average Bonchev–Trinajstić information content (AvgIpc) is 2.94. The van der Waals surface area contributed by atoms with E-state index in [-0.39, 0.29) is 18.6 Å². The molecule has 1 heterocycles. The third kappa shape index (κ3) is 16.3. The van der Waals surface area contributed by atoms with Gasteiger partial charge in [0, 0.05) is 45.7 Å². The first kappa shape index (κ1) is 36.7. The zero-order chi connectivity index (χ0) is 32.6. The second-order valence-electron chi connectivity index (χ2n) is 12.9. The third-order valence-corrected chi connectivity index (χ3v) is 6.60. The van der Waals surface area contributed by atoms with Crippen LogP contribution in [0.25, 0.3) is 0 Å². The topological polar surface area (TPSA) is 130 Å². The number of ether oxygens (including phenoxy) is 3. The summed E-state index contributed by atoms with van der Waals surface area (Å²) in [4.78, 5) is 55.0. The van der Waals surface area contributed by atoms with Gasteiger partial charge in [0.25, 0.3) is 0 Å². The van der Waals surface area contributed by atoms with Crippen LogP contribution >= 0.6 is 0 Å². The molecule has 248 valence electrons. The molecule has 0 radical (unpaired) electrons. The zero-order valence-corrected chi connectivity index (χ0v) is 27.5. The predicted octanol–water partition coefficient (Wildman–Crippen LogP) is 4.38. The molecule has 1 aromatic carbocycles. The predicted molar refractivity (Wildman–Crippen MR) is 168 cm³/mol. The maximum atomic E-state index is 12.9. The lowest BCUT2D eigenvalue weighted by Crippen LogP contribution is -2.50. The molecule has 4 amide bonds. The Morgan fingerprint density at radius 3 is 1.70 bits per heavy atom. The van der Waals surface area contributed by atoms with Gasteiger partial charge in [-0.25, -0.2) is 14.4 Å². The van der Waals surface area contributed by atoms with Gasteiger partial charge in [0.1, 0.15) is 17.8 Å². The first-order chi connectivity index (χ1) is 20.7. The SMILES string of the molecule is CC(C)(C)OC(=O)NCCCN(CCCNC(=O)OC(C)(C)C)CCCC(=O)N1CCN(C(=O)OCc2ccccc2)CC1. The van der Waals surface area contributed by atoms with E-state index in [1.165, 1.54) is 0 Å². The number of carbonyl (C=O) groups is 4. The van der Waals surface area contributed by atoms with Crippen LogP contribution in [0.3, 0.4) is 0 Å². The molecule has 44 heavy (non-hydrogen) atoms. The summed E-state index contributed by atoms with van der Waals surface area (Å²) >= 11 is 0. The summed E-state index contributed by atoms with van der Waals surface area (Å²) in [6, 6.07) is 9.54. The molecule has 0 unspecified atom stereocenters. The lowest BCUT2D eigenvalue weighted by Gasteiger charge is -2.34. The fourth-order valence-electron chi connectivity index (χ4n) is 4.51. The zero-order valence-electron chi connectivity index (χ0n) is 27.5. The summed E-state index contributed by atoms with van der Waals surface area (Å²) in [7, 11) is 0. The largest absolute Gasteiger partial charge is 0.445 e. The van der Waals surface area contributed by atoms with E-state index in [9.17, 15) is 19.2 Å². The normalized spacial score (nSPS) is 13.8. The van der Waals surface area contributed by atoms with E-state index in [1.807, 2.05) is 71.9 Å². The number of hydrogen-bond acceptors (Lipinski definition) is 8. The fraction of sp³-hybridized carbons (Fsp3) is 0.688. The molecular formula is C32H53N5O7. The molecule has 0 bridgehead atoms. The Morgan fingerprint density at radius 1 is 0.727 bits per heavy atom. The quantitative estimate of drug-likeness (QED) is 0.232. The Kier molecular flexibility index (Phi) is 15.3. The highest BCUT2D eigenvalue weighted by Crippen LogP contribution is 2.10. The van der Waals surface area contributed by atoms with Crippen molar-refractivity contribution in [3.63, 3.8) is 0 Å². The first-order valence-electron chi connectivity index (χ1n) is 15.6. The molecule has 1 aromatic rings. The molecular weight excluding hydrogens is 566 g/mol. The van der Waals surface area contributed by atoms with Gasteiger partial charge in [-0.05, 0) is 86.0 Å². The fourth-order valence-corrected chi connectivity index (χ4v) is 4.51. The van der Waals surface area contributed by atoms with Crippen molar-refractivity contribution in [2.75, 3.05) is 58.9 Å². The second kappa shape index (κ2) is 18.3. The number of rotatable bonds is 14. The van der Waals surface area contributed by atoms with Crippen LogP contribution in [0.4, 0.5) is 14.4 Å². The highest BCUT2D eigenvalue weighted by molar-refractivity contribution is 5.76. The monoisotopic (exact) mass is 619 g/mol. The molecule has 0 saturated carbocycles. The van der Waals surface area contributed by atoms with Crippen LogP contribution in [0.1, 0.15) is 72.8 Å². The number of nitrogens with one attached hydrogen (secondary N) is 2. The molecule has 12 heteroatoms. The van der Waals surface area contributed by atoms with E-state index >= 15 is 0 Å². The third-order valence-electron chi connectivity index (χ3n) is 6.60.